The number of primary amides is 1. The Morgan fingerprint density at radius 3 is 2.68 bits per heavy atom. The van der Waals surface area contributed by atoms with Crippen LogP contribution in [0.25, 0.3) is 0 Å². The van der Waals surface area contributed by atoms with Gasteiger partial charge in [0.25, 0.3) is 5.91 Å². The van der Waals surface area contributed by atoms with Crippen LogP contribution in [-0.2, 0) is 22.5 Å². The number of hydrogen-bond acceptors (Lipinski definition) is 5. The molecule has 8 heteroatoms. The molecule has 22 heavy (non-hydrogen) atoms. The number of amides is 3. The predicted molar refractivity (Wildman–Crippen MR) is 82.9 cm³/mol. The average Bonchev–Trinajstić information content (AvgIpc) is 2.84. The van der Waals surface area contributed by atoms with E-state index in [4.69, 9.17) is 10.5 Å². The minimum absolute atomic E-state index is 0.177. The Morgan fingerprint density at radius 1 is 1.36 bits per heavy atom. The molecule has 0 atom stereocenters. The molecule has 3 amide bonds. The van der Waals surface area contributed by atoms with Crippen LogP contribution in [0, 0.1) is 0 Å². The number of anilines is 1. The van der Waals surface area contributed by atoms with Gasteiger partial charge < -0.3 is 20.7 Å². The van der Waals surface area contributed by atoms with E-state index in [-0.39, 0.29) is 12.0 Å². The van der Waals surface area contributed by atoms with E-state index in [1.807, 2.05) is 0 Å². The minimum atomic E-state index is -0.562. The minimum Gasteiger partial charge on any atom is -0.450 e. The fraction of sp³-hybridized carbons (Fsp3) is 0.500. The zero-order valence-corrected chi connectivity index (χ0v) is 13.4. The van der Waals surface area contributed by atoms with Gasteiger partial charge in [0, 0.05) is 17.8 Å². The van der Waals surface area contributed by atoms with Crippen molar-refractivity contribution in [3.05, 3.63) is 16.0 Å². The highest BCUT2D eigenvalue weighted by molar-refractivity contribution is 7.17. The van der Waals surface area contributed by atoms with E-state index in [0.717, 1.165) is 10.4 Å². The number of ether oxygens (including phenoxy) is 1. The first kappa shape index (κ1) is 16.3. The number of carbonyl (C=O) groups excluding carboxylic acids is 3. The molecule has 7 nitrogen and oxygen atoms in total. The monoisotopic (exact) mass is 325 g/mol. The maximum Gasteiger partial charge on any atom is 0.410 e. The molecule has 0 saturated heterocycles. The molecule has 2 heterocycles. The normalized spacial score (nSPS) is 13.5. The van der Waals surface area contributed by atoms with Crippen molar-refractivity contribution >= 4 is 34.2 Å². The molecule has 0 spiro atoms. The maximum absolute atomic E-state index is 11.8. The first-order valence-electron chi connectivity index (χ1n) is 7.13. The molecule has 1 aliphatic heterocycles. The van der Waals surface area contributed by atoms with Gasteiger partial charge in [-0.3, -0.25) is 9.59 Å². The molecule has 1 aliphatic rings. The third kappa shape index (κ3) is 3.22. The van der Waals surface area contributed by atoms with Crippen molar-refractivity contribution in [3.63, 3.8) is 0 Å². The number of nitrogens with zero attached hydrogens (tertiary/aromatic N) is 1. The van der Waals surface area contributed by atoms with Crippen LogP contribution in [0.1, 0.15) is 41.1 Å². The van der Waals surface area contributed by atoms with Crippen LogP contribution in [0.2, 0.25) is 0 Å². The Hall–Kier alpha value is -2.09. The molecule has 0 radical (unpaired) electrons. The Kier molecular flexibility index (Phi) is 5.02. The summed E-state index contributed by atoms with van der Waals surface area (Å²) in [6.45, 7) is 4.62. The maximum atomic E-state index is 11.8. The van der Waals surface area contributed by atoms with E-state index in [9.17, 15) is 14.4 Å². The van der Waals surface area contributed by atoms with Crippen molar-refractivity contribution in [1.29, 1.82) is 0 Å². The van der Waals surface area contributed by atoms with Crippen molar-refractivity contribution in [1.82, 2.24) is 4.90 Å². The summed E-state index contributed by atoms with van der Waals surface area (Å²) in [6, 6.07) is 0. The highest BCUT2D eigenvalue weighted by Crippen LogP contribution is 2.37. The van der Waals surface area contributed by atoms with Gasteiger partial charge in [0.05, 0.1) is 18.7 Å². The van der Waals surface area contributed by atoms with E-state index in [2.05, 4.69) is 5.32 Å². The van der Waals surface area contributed by atoms with Crippen LogP contribution >= 0.6 is 11.3 Å². The summed E-state index contributed by atoms with van der Waals surface area (Å²) < 4.78 is 4.99. The fourth-order valence-electron chi connectivity index (χ4n) is 2.34. The van der Waals surface area contributed by atoms with Gasteiger partial charge in [-0.05, 0) is 18.9 Å². The molecule has 0 unspecified atom stereocenters. The number of thiophene rings is 1. The number of hydrogen-bond donors (Lipinski definition) is 2. The first-order chi connectivity index (χ1) is 10.5. The van der Waals surface area contributed by atoms with Crippen LogP contribution in [0.15, 0.2) is 0 Å². The lowest BCUT2D eigenvalue weighted by Crippen LogP contribution is -2.36. The molecule has 0 saturated carbocycles. The van der Waals surface area contributed by atoms with E-state index in [1.165, 1.54) is 11.3 Å². The zero-order valence-electron chi connectivity index (χ0n) is 12.6. The Balaban J connectivity index is 2.29. The number of carbonyl (C=O) groups is 3. The first-order valence-corrected chi connectivity index (χ1v) is 7.95. The van der Waals surface area contributed by atoms with Gasteiger partial charge in [0.1, 0.15) is 5.00 Å². The molecule has 3 N–H and O–H groups in total. The van der Waals surface area contributed by atoms with Crippen molar-refractivity contribution in [3.8, 4) is 0 Å². The fourth-order valence-corrected chi connectivity index (χ4v) is 3.62. The lowest BCUT2D eigenvalue weighted by molar-refractivity contribution is -0.115. The second kappa shape index (κ2) is 6.78. The zero-order chi connectivity index (χ0) is 16.3. The SMILES string of the molecule is CCOC(=O)N1CCc2c(sc(NC(=O)CC)c2C(N)=O)C1. The summed E-state index contributed by atoms with van der Waals surface area (Å²) in [5.41, 5.74) is 6.64. The van der Waals surface area contributed by atoms with Crippen molar-refractivity contribution in [2.45, 2.75) is 33.2 Å². The summed E-state index contributed by atoms with van der Waals surface area (Å²) >= 11 is 1.29. The second-order valence-electron chi connectivity index (χ2n) is 4.84. The van der Waals surface area contributed by atoms with Gasteiger partial charge in [-0.15, -0.1) is 11.3 Å². The number of nitrogens with two attached hydrogens (primary N) is 1. The molecule has 1 aromatic rings. The molecule has 120 valence electrons. The van der Waals surface area contributed by atoms with Crippen molar-refractivity contribution in [2.75, 3.05) is 18.5 Å². The average molecular weight is 325 g/mol. The van der Waals surface area contributed by atoms with E-state index in [1.54, 1.807) is 18.7 Å². The molecule has 2 rings (SSSR count). The third-order valence-electron chi connectivity index (χ3n) is 3.40. The number of fused-ring (bicyclic) bond motifs is 1. The van der Waals surface area contributed by atoms with Crippen LogP contribution in [0.3, 0.4) is 0 Å². The van der Waals surface area contributed by atoms with Crippen molar-refractivity contribution in [2.24, 2.45) is 5.73 Å². The second-order valence-corrected chi connectivity index (χ2v) is 5.95. The van der Waals surface area contributed by atoms with Gasteiger partial charge in [-0.25, -0.2) is 4.79 Å². The molecule has 0 bridgehead atoms. The standard InChI is InChI=1S/C14H19N3O4S/c1-3-10(18)16-13-11(12(15)19)8-5-6-17(7-9(8)22-13)14(20)21-4-2/h3-7H2,1-2H3,(H2,15,19)(H,16,18). The van der Waals surface area contributed by atoms with Gasteiger partial charge >= 0.3 is 6.09 Å². The van der Waals surface area contributed by atoms with Crippen LogP contribution < -0.4 is 11.1 Å². The lowest BCUT2D eigenvalue weighted by Gasteiger charge is -2.26. The van der Waals surface area contributed by atoms with Gasteiger partial charge in [0.15, 0.2) is 0 Å². The summed E-state index contributed by atoms with van der Waals surface area (Å²) in [5, 5.41) is 3.18. The van der Waals surface area contributed by atoms with E-state index in [0.29, 0.717) is 43.1 Å². The largest absolute Gasteiger partial charge is 0.450 e. The molecule has 0 aliphatic carbocycles. The van der Waals surface area contributed by atoms with Gasteiger partial charge in [-0.1, -0.05) is 6.92 Å². The Bertz CT molecular complexity index is 611. The molecule has 0 aromatic carbocycles. The Labute approximate surface area is 132 Å². The number of nitrogens with one attached hydrogen (secondary N) is 1. The van der Waals surface area contributed by atoms with Gasteiger partial charge in [0.2, 0.25) is 5.91 Å². The van der Waals surface area contributed by atoms with Gasteiger partial charge in [-0.2, -0.15) is 0 Å². The smallest absolute Gasteiger partial charge is 0.410 e. The molecule has 0 fully saturated rings. The summed E-state index contributed by atoms with van der Waals surface area (Å²) in [7, 11) is 0. The number of rotatable bonds is 4. The quantitative estimate of drug-likeness (QED) is 0.879. The van der Waals surface area contributed by atoms with Crippen LogP contribution in [-0.4, -0.2) is 36.0 Å². The molecular formula is C14H19N3O4S. The molecular weight excluding hydrogens is 306 g/mol. The van der Waals surface area contributed by atoms with Crippen LogP contribution in [0.5, 0.6) is 0 Å². The van der Waals surface area contributed by atoms with Crippen LogP contribution in [0.4, 0.5) is 9.80 Å². The van der Waals surface area contributed by atoms with Crippen molar-refractivity contribution < 1.29 is 19.1 Å². The third-order valence-corrected chi connectivity index (χ3v) is 4.54. The summed E-state index contributed by atoms with van der Waals surface area (Å²) in [4.78, 5) is 37.5. The summed E-state index contributed by atoms with van der Waals surface area (Å²) in [6.07, 6.45) is 0.460. The predicted octanol–water partition coefficient (Wildman–Crippen LogP) is 1.71. The Morgan fingerprint density at radius 2 is 2.09 bits per heavy atom. The molecule has 1 aromatic heterocycles. The van der Waals surface area contributed by atoms with E-state index < -0.39 is 5.91 Å². The van der Waals surface area contributed by atoms with E-state index >= 15 is 0 Å². The topological polar surface area (TPSA) is 102 Å². The highest BCUT2D eigenvalue weighted by atomic mass is 32.1. The highest BCUT2D eigenvalue weighted by Gasteiger charge is 2.29. The lowest BCUT2D eigenvalue weighted by atomic mass is 10.0. The summed E-state index contributed by atoms with van der Waals surface area (Å²) in [5.74, 6) is -0.739.